The van der Waals surface area contributed by atoms with Gasteiger partial charge in [0.05, 0.1) is 10.5 Å². The number of ether oxygens (including phenoxy) is 1. The molecule has 1 aromatic rings. The lowest BCUT2D eigenvalue weighted by Gasteiger charge is -2.07. The number of imide groups is 1. The van der Waals surface area contributed by atoms with Crippen LogP contribution in [-0.2, 0) is 19.6 Å². The molecule has 0 aliphatic heterocycles. The highest BCUT2D eigenvalue weighted by Gasteiger charge is 2.15. The minimum absolute atomic E-state index is 0.0294. The van der Waals surface area contributed by atoms with Crippen molar-refractivity contribution < 1.29 is 27.5 Å². The zero-order valence-electron chi connectivity index (χ0n) is 12.9. The molecule has 3 N–H and O–H groups in total. The second kappa shape index (κ2) is 8.79. The van der Waals surface area contributed by atoms with E-state index in [1.165, 1.54) is 37.4 Å². The van der Waals surface area contributed by atoms with Gasteiger partial charge in [-0.05, 0) is 24.3 Å². The van der Waals surface area contributed by atoms with Gasteiger partial charge in [0.15, 0.2) is 6.61 Å². The SMILES string of the molecule is C=CCNS(=O)(=O)c1ccc(C(=O)OCC(=O)NC(=O)NC)cc1. The van der Waals surface area contributed by atoms with Gasteiger partial charge in [-0.25, -0.2) is 22.7 Å². The normalized spacial score (nSPS) is 10.5. The van der Waals surface area contributed by atoms with Crippen molar-refractivity contribution in [3.63, 3.8) is 0 Å². The van der Waals surface area contributed by atoms with Gasteiger partial charge in [-0.2, -0.15) is 0 Å². The number of sulfonamides is 1. The Morgan fingerprint density at radius 1 is 1.21 bits per heavy atom. The predicted octanol–water partition coefficient (Wildman–Crippen LogP) is -0.237. The summed E-state index contributed by atoms with van der Waals surface area (Å²) in [6.45, 7) is 2.84. The molecule has 0 atom stereocenters. The molecule has 9 nitrogen and oxygen atoms in total. The van der Waals surface area contributed by atoms with Crippen LogP contribution in [0.15, 0.2) is 41.8 Å². The van der Waals surface area contributed by atoms with Gasteiger partial charge in [0.25, 0.3) is 5.91 Å². The Kier molecular flexibility index (Phi) is 7.08. The lowest BCUT2D eigenvalue weighted by molar-refractivity contribution is -0.123. The average molecular weight is 355 g/mol. The summed E-state index contributed by atoms with van der Waals surface area (Å²) in [7, 11) is -2.36. The lowest BCUT2D eigenvalue weighted by atomic mass is 10.2. The van der Waals surface area contributed by atoms with Crippen molar-refractivity contribution in [2.45, 2.75) is 4.90 Å². The molecule has 0 unspecified atom stereocenters. The molecule has 3 amide bonds. The fourth-order valence-corrected chi connectivity index (χ4v) is 2.46. The smallest absolute Gasteiger partial charge is 0.338 e. The maximum atomic E-state index is 11.9. The van der Waals surface area contributed by atoms with Crippen LogP contribution in [0, 0.1) is 0 Å². The number of carbonyl (C=O) groups is 3. The number of amides is 3. The van der Waals surface area contributed by atoms with E-state index in [9.17, 15) is 22.8 Å². The average Bonchev–Trinajstić information content (AvgIpc) is 2.57. The van der Waals surface area contributed by atoms with Gasteiger partial charge in [-0.1, -0.05) is 6.08 Å². The Balaban J connectivity index is 2.65. The molecular formula is C14H17N3O6S. The molecule has 0 bridgehead atoms. The van der Waals surface area contributed by atoms with Crippen molar-refractivity contribution in [2.75, 3.05) is 20.2 Å². The molecule has 0 spiro atoms. The van der Waals surface area contributed by atoms with Crippen LogP contribution in [-0.4, -0.2) is 46.5 Å². The van der Waals surface area contributed by atoms with Crippen LogP contribution in [0.25, 0.3) is 0 Å². The summed E-state index contributed by atoms with van der Waals surface area (Å²) in [5.41, 5.74) is 0.0606. The first-order valence-electron chi connectivity index (χ1n) is 6.69. The number of esters is 1. The third-order valence-corrected chi connectivity index (χ3v) is 4.07. The maximum absolute atomic E-state index is 11.9. The van der Waals surface area contributed by atoms with Crippen molar-refractivity contribution >= 4 is 27.9 Å². The van der Waals surface area contributed by atoms with Gasteiger partial charge in [-0.3, -0.25) is 10.1 Å². The van der Waals surface area contributed by atoms with Crippen molar-refractivity contribution in [2.24, 2.45) is 0 Å². The highest BCUT2D eigenvalue weighted by atomic mass is 32.2. The number of benzene rings is 1. The van der Waals surface area contributed by atoms with E-state index in [2.05, 4.69) is 16.6 Å². The van der Waals surface area contributed by atoms with Gasteiger partial charge >= 0.3 is 12.0 Å². The molecule has 130 valence electrons. The molecule has 0 fully saturated rings. The van der Waals surface area contributed by atoms with Crippen LogP contribution < -0.4 is 15.4 Å². The number of urea groups is 1. The standard InChI is InChI=1S/C14H17N3O6S/c1-3-8-16-24(21,22)11-6-4-10(5-7-11)13(19)23-9-12(18)17-14(20)15-2/h3-7,16H,1,8-9H2,2H3,(H2,15,17,18,20). The second-order valence-corrected chi connectivity index (χ2v) is 6.14. The molecule has 0 aromatic heterocycles. The quantitative estimate of drug-likeness (QED) is 0.457. The summed E-state index contributed by atoms with van der Waals surface area (Å²) in [4.78, 5) is 33.9. The fourth-order valence-electron chi connectivity index (χ4n) is 1.46. The van der Waals surface area contributed by atoms with E-state index < -0.39 is 34.5 Å². The van der Waals surface area contributed by atoms with Crippen molar-refractivity contribution in [1.29, 1.82) is 0 Å². The predicted molar refractivity (Wildman–Crippen MR) is 84.7 cm³/mol. The van der Waals surface area contributed by atoms with E-state index in [1.54, 1.807) is 0 Å². The molecular weight excluding hydrogens is 338 g/mol. The zero-order chi connectivity index (χ0) is 18.2. The molecule has 0 saturated carbocycles. The zero-order valence-corrected chi connectivity index (χ0v) is 13.7. The molecule has 1 aromatic carbocycles. The van der Waals surface area contributed by atoms with E-state index in [-0.39, 0.29) is 17.0 Å². The molecule has 24 heavy (non-hydrogen) atoms. The number of hydrogen-bond donors (Lipinski definition) is 3. The Labute approximate surface area is 139 Å². The molecule has 1 rings (SSSR count). The molecule has 0 radical (unpaired) electrons. The summed E-state index contributed by atoms with van der Waals surface area (Å²) in [6.07, 6.45) is 1.40. The highest BCUT2D eigenvalue weighted by molar-refractivity contribution is 7.89. The van der Waals surface area contributed by atoms with Crippen LogP contribution in [0.4, 0.5) is 4.79 Å². The van der Waals surface area contributed by atoms with Crippen LogP contribution in [0.5, 0.6) is 0 Å². The Hall–Kier alpha value is -2.72. The Bertz CT molecular complexity index is 727. The van der Waals surface area contributed by atoms with Crippen LogP contribution in [0.2, 0.25) is 0 Å². The summed E-state index contributed by atoms with van der Waals surface area (Å²) in [6, 6.07) is 4.24. The summed E-state index contributed by atoms with van der Waals surface area (Å²) in [5, 5.41) is 4.09. The van der Waals surface area contributed by atoms with Gasteiger partial charge in [0.2, 0.25) is 10.0 Å². The van der Waals surface area contributed by atoms with Gasteiger partial charge in [-0.15, -0.1) is 6.58 Å². The number of rotatable bonds is 7. The summed E-state index contributed by atoms with van der Waals surface area (Å²) < 4.78 is 30.7. The van der Waals surface area contributed by atoms with Gasteiger partial charge < -0.3 is 10.1 Å². The largest absolute Gasteiger partial charge is 0.452 e. The molecule has 0 saturated heterocycles. The first-order chi connectivity index (χ1) is 11.3. The first kappa shape index (κ1) is 19.3. The highest BCUT2D eigenvalue weighted by Crippen LogP contribution is 2.11. The Morgan fingerprint density at radius 3 is 2.38 bits per heavy atom. The topological polar surface area (TPSA) is 131 Å². The minimum Gasteiger partial charge on any atom is -0.452 e. The van der Waals surface area contributed by atoms with Gasteiger partial charge in [0.1, 0.15) is 0 Å². The van der Waals surface area contributed by atoms with Crippen molar-refractivity contribution in [1.82, 2.24) is 15.4 Å². The van der Waals surface area contributed by atoms with Crippen LogP contribution >= 0.6 is 0 Å². The third kappa shape index (κ3) is 5.82. The van der Waals surface area contributed by atoms with E-state index in [0.29, 0.717) is 0 Å². The number of nitrogens with one attached hydrogen (secondary N) is 3. The van der Waals surface area contributed by atoms with Crippen molar-refractivity contribution in [3.05, 3.63) is 42.5 Å². The van der Waals surface area contributed by atoms with E-state index >= 15 is 0 Å². The molecule has 0 aliphatic rings. The first-order valence-corrected chi connectivity index (χ1v) is 8.17. The van der Waals surface area contributed by atoms with Crippen LogP contribution in [0.3, 0.4) is 0 Å². The van der Waals surface area contributed by atoms with E-state index in [4.69, 9.17) is 4.74 Å². The Morgan fingerprint density at radius 2 is 1.83 bits per heavy atom. The monoisotopic (exact) mass is 355 g/mol. The number of hydrogen-bond acceptors (Lipinski definition) is 6. The summed E-state index contributed by atoms with van der Waals surface area (Å²) in [5.74, 6) is -1.62. The molecule has 0 heterocycles. The van der Waals surface area contributed by atoms with Crippen molar-refractivity contribution in [3.8, 4) is 0 Å². The molecule has 0 aliphatic carbocycles. The van der Waals surface area contributed by atoms with Crippen LogP contribution in [0.1, 0.15) is 10.4 Å². The third-order valence-electron chi connectivity index (χ3n) is 2.63. The fraction of sp³-hybridized carbons (Fsp3) is 0.214. The lowest BCUT2D eigenvalue weighted by Crippen LogP contribution is -2.39. The van der Waals surface area contributed by atoms with Gasteiger partial charge in [0, 0.05) is 13.6 Å². The minimum atomic E-state index is -3.69. The van der Waals surface area contributed by atoms with E-state index in [0.717, 1.165) is 0 Å². The maximum Gasteiger partial charge on any atom is 0.338 e. The second-order valence-electron chi connectivity index (χ2n) is 4.37. The summed E-state index contributed by atoms with van der Waals surface area (Å²) >= 11 is 0. The number of carbonyl (C=O) groups excluding carboxylic acids is 3. The molecule has 10 heteroatoms. The van der Waals surface area contributed by atoms with E-state index in [1.807, 2.05) is 5.32 Å².